The summed E-state index contributed by atoms with van der Waals surface area (Å²) < 4.78 is 11.2. The van der Waals surface area contributed by atoms with Gasteiger partial charge in [-0.25, -0.2) is 0 Å². The van der Waals surface area contributed by atoms with Crippen molar-refractivity contribution in [3.63, 3.8) is 0 Å². The Labute approximate surface area is 106 Å². The predicted octanol–water partition coefficient (Wildman–Crippen LogP) is 4.30. The fourth-order valence-corrected chi connectivity index (χ4v) is 2.17. The molecule has 0 spiro atoms. The van der Waals surface area contributed by atoms with Crippen molar-refractivity contribution in [1.29, 1.82) is 0 Å². The molecule has 17 heavy (non-hydrogen) atoms. The van der Waals surface area contributed by atoms with Crippen LogP contribution in [0.15, 0.2) is 11.6 Å². The maximum absolute atomic E-state index is 5.58. The summed E-state index contributed by atoms with van der Waals surface area (Å²) in [7, 11) is 0. The molecule has 0 atom stereocenters. The second kappa shape index (κ2) is 7.17. The minimum Gasteiger partial charge on any atom is -0.348 e. The molecule has 0 unspecified atom stereocenters. The molecule has 2 heteroatoms. The van der Waals surface area contributed by atoms with Crippen LogP contribution in [0.4, 0.5) is 0 Å². The van der Waals surface area contributed by atoms with Crippen molar-refractivity contribution in [3.05, 3.63) is 11.6 Å². The van der Waals surface area contributed by atoms with E-state index in [1.165, 1.54) is 24.8 Å². The molecule has 100 valence electrons. The largest absolute Gasteiger partial charge is 0.348 e. The van der Waals surface area contributed by atoms with Crippen LogP contribution in [0.25, 0.3) is 0 Å². The van der Waals surface area contributed by atoms with Gasteiger partial charge in [0.2, 0.25) is 0 Å². The van der Waals surface area contributed by atoms with E-state index in [0.717, 1.165) is 32.0 Å². The number of hydrogen-bond donors (Lipinski definition) is 0. The molecule has 0 aromatic carbocycles. The van der Waals surface area contributed by atoms with Crippen LogP contribution in [-0.2, 0) is 9.47 Å². The van der Waals surface area contributed by atoms with Gasteiger partial charge in [0, 0.05) is 6.42 Å². The number of allylic oxidation sites excluding steroid dienone is 2. The Hall–Kier alpha value is -0.340. The van der Waals surface area contributed by atoms with Gasteiger partial charge in [0.15, 0.2) is 5.79 Å². The van der Waals surface area contributed by atoms with Crippen LogP contribution >= 0.6 is 0 Å². The highest BCUT2D eigenvalue weighted by Gasteiger charge is 2.29. The predicted molar refractivity (Wildman–Crippen MR) is 72.0 cm³/mol. The summed E-state index contributed by atoms with van der Waals surface area (Å²) in [6.45, 7) is 10.3. The SMILES string of the molecule is C/C(=C/CCC1(C)OCCO1)CCCC(C)C. The summed E-state index contributed by atoms with van der Waals surface area (Å²) >= 11 is 0. The highest BCUT2D eigenvalue weighted by atomic mass is 16.7. The molecule has 1 saturated heterocycles. The van der Waals surface area contributed by atoms with Crippen LogP contribution in [-0.4, -0.2) is 19.0 Å². The van der Waals surface area contributed by atoms with Crippen LogP contribution in [0.5, 0.6) is 0 Å². The molecule has 1 rings (SSSR count). The number of ether oxygens (including phenoxy) is 2. The zero-order valence-corrected chi connectivity index (χ0v) is 11.9. The molecule has 2 nitrogen and oxygen atoms in total. The van der Waals surface area contributed by atoms with Crippen molar-refractivity contribution < 1.29 is 9.47 Å². The van der Waals surface area contributed by atoms with Crippen molar-refractivity contribution in [3.8, 4) is 0 Å². The third-order valence-corrected chi connectivity index (χ3v) is 3.34. The Balaban J connectivity index is 2.14. The van der Waals surface area contributed by atoms with Gasteiger partial charge in [-0.1, -0.05) is 31.9 Å². The Morgan fingerprint density at radius 2 is 1.94 bits per heavy atom. The first-order valence-corrected chi connectivity index (χ1v) is 6.95. The maximum atomic E-state index is 5.58. The monoisotopic (exact) mass is 240 g/mol. The second-order valence-corrected chi connectivity index (χ2v) is 5.71. The summed E-state index contributed by atoms with van der Waals surface area (Å²) in [5.74, 6) is 0.497. The molecule has 0 aromatic rings. The van der Waals surface area contributed by atoms with Gasteiger partial charge < -0.3 is 9.47 Å². The molecule has 1 aliphatic heterocycles. The van der Waals surface area contributed by atoms with E-state index in [0.29, 0.717) is 0 Å². The highest BCUT2D eigenvalue weighted by molar-refractivity contribution is 4.98. The van der Waals surface area contributed by atoms with Crippen molar-refractivity contribution in [2.45, 2.75) is 65.6 Å². The molecule has 0 N–H and O–H groups in total. The summed E-state index contributed by atoms with van der Waals surface area (Å²) in [6, 6.07) is 0. The number of rotatable bonds is 7. The van der Waals surface area contributed by atoms with Gasteiger partial charge in [-0.2, -0.15) is 0 Å². The molecule has 0 aliphatic carbocycles. The third-order valence-electron chi connectivity index (χ3n) is 3.34. The molecule has 1 heterocycles. The lowest BCUT2D eigenvalue weighted by atomic mass is 10.0. The average Bonchev–Trinajstić information content (AvgIpc) is 2.65. The lowest BCUT2D eigenvalue weighted by Crippen LogP contribution is -2.24. The van der Waals surface area contributed by atoms with Crippen molar-refractivity contribution in [1.82, 2.24) is 0 Å². The zero-order chi connectivity index (χ0) is 12.7. The van der Waals surface area contributed by atoms with E-state index in [9.17, 15) is 0 Å². The van der Waals surface area contributed by atoms with Gasteiger partial charge in [-0.05, 0) is 39.0 Å². The van der Waals surface area contributed by atoms with Crippen LogP contribution in [0.3, 0.4) is 0 Å². The summed E-state index contributed by atoms with van der Waals surface area (Å²) in [4.78, 5) is 0. The van der Waals surface area contributed by atoms with Crippen LogP contribution < -0.4 is 0 Å². The van der Waals surface area contributed by atoms with Crippen molar-refractivity contribution in [2.75, 3.05) is 13.2 Å². The molecule has 1 fully saturated rings. The first-order valence-electron chi connectivity index (χ1n) is 6.95. The molecule has 0 amide bonds. The summed E-state index contributed by atoms with van der Waals surface area (Å²) in [5.41, 5.74) is 1.51. The zero-order valence-electron chi connectivity index (χ0n) is 11.9. The standard InChI is InChI=1S/C15H28O2/c1-13(2)7-5-8-14(3)9-6-10-15(4)16-11-12-17-15/h9,13H,5-8,10-12H2,1-4H3/b14-9-. The Bertz CT molecular complexity index is 237. The first kappa shape index (κ1) is 14.7. The summed E-state index contributed by atoms with van der Waals surface area (Å²) in [5, 5.41) is 0. The normalized spacial score (nSPS) is 20.2. The van der Waals surface area contributed by atoms with E-state index >= 15 is 0 Å². The minimum absolute atomic E-state index is 0.325. The van der Waals surface area contributed by atoms with E-state index in [1.54, 1.807) is 0 Å². The van der Waals surface area contributed by atoms with Crippen LogP contribution in [0.1, 0.15) is 59.8 Å². The second-order valence-electron chi connectivity index (χ2n) is 5.71. The van der Waals surface area contributed by atoms with Gasteiger partial charge >= 0.3 is 0 Å². The highest BCUT2D eigenvalue weighted by Crippen LogP contribution is 2.24. The molecule has 0 aromatic heterocycles. The first-order chi connectivity index (χ1) is 8.02. The van der Waals surface area contributed by atoms with Crippen molar-refractivity contribution in [2.24, 2.45) is 5.92 Å². The van der Waals surface area contributed by atoms with Gasteiger partial charge in [0.25, 0.3) is 0 Å². The molecular formula is C15H28O2. The molecular weight excluding hydrogens is 212 g/mol. The smallest absolute Gasteiger partial charge is 0.166 e. The lowest BCUT2D eigenvalue weighted by molar-refractivity contribution is -0.145. The minimum atomic E-state index is -0.325. The number of hydrogen-bond acceptors (Lipinski definition) is 2. The van der Waals surface area contributed by atoms with Crippen molar-refractivity contribution >= 4 is 0 Å². The lowest BCUT2D eigenvalue weighted by Gasteiger charge is -2.21. The fourth-order valence-electron chi connectivity index (χ4n) is 2.17. The van der Waals surface area contributed by atoms with Gasteiger partial charge in [-0.15, -0.1) is 0 Å². The van der Waals surface area contributed by atoms with Crippen LogP contribution in [0, 0.1) is 5.92 Å². The van der Waals surface area contributed by atoms with Gasteiger partial charge in [0.05, 0.1) is 13.2 Å². The summed E-state index contributed by atoms with van der Waals surface area (Å²) in [6.07, 6.45) is 8.24. The maximum Gasteiger partial charge on any atom is 0.166 e. The van der Waals surface area contributed by atoms with E-state index in [1.807, 2.05) is 6.92 Å². The van der Waals surface area contributed by atoms with E-state index in [2.05, 4.69) is 26.8 Å². The van der Waals surface area contributed by atoms with E-state index < -0.39 is 0 Å². The van der Waals surface area contributed by atoms with Gasteiger partial charge in [0.1, 0.15) is 0 Å². The topological polar surface area (TPSA) is 18.5 Å². The fraction of sp³-hybridized carbons (Fsp3) is 0.867. The van der Waals surface area contributed by atoms with E-state index in [4.69, 9.17) is 9.47 Å². The molecule has 0 radical (unpaired) electrons. The van der Waals surface area contributed by atoms with E-state index in [-0.39, 0.29) is 5.79 Å². The molecule has 0 bridgehead atoms. The Morgan fingerprint density at radius 1 is 1.29 bits per heavy atom. The quantitative estimate of drug-likeness (QED) is 0.618. The van der Waals surface area contributed by atoms with Crippen LogP contribution in [0.2, 0.25) is 0 Å². The molecule has 0 saturated carbocycles. The Morgan fingerprint density at radius 3 is 2.53 bits per heavy atom. The average molecular weight is 240 g/mol. The Kier molecular flexibility index (Phi) is 6.21. The van der Waals surface area contributed by atoms with Gasteiger partial charge in [-0.3, -0.25) is 0 Å². The molecule has 1 aliphatic rings. The third kappa shape index (κ3) is 6.23.